The van der Waals surface area contributed by atoms with E-state index in [-0.39, 0.29) is 5.75 Å². The molecule has 0 aromatic heterocycles. The molecule has 5 nitrogen and oxygen atoms in total. The predicted molar refractivity (Wildman–Crippen MR) is 50.7 cm³/mol. The maximum Gasteiger partial charge on any atom is 0.349 e. The van der Waals surface area contributed by atoms with Crippen LogP contribution in [0.2, 0.25) is 0 Å². The average molecular weight is 224 g/mol. The molecule has 0 atom stereocenters. The molecule has 0 spiro atoms. The van der Waals surface area contributed by atoms with Crippen LogP contribution in [0.5, 0.6) is 0 Å². The van der Waals surface area contributed by atoms with Crippen LogP contribution in [-0.4, -0.2) is 20.1 Å². The van der Waals surface area contributed by atoms with E-state index < -0.39 is 21.5 Å². The molecule has 0 heterocycles. The molecule has 0 aliphatic rings. The topological polar surface area (TPSA) is 69.7 Å². The lowest BCUT2D eigenvalue weighted by atomic mass is 9.98. The first-order valence-electron chi connectivity index (χ1n) is 4.32. The number of hydrogen-bond acceptors (Lipinski definition) is 5. The van der Waals surface area contributed by atoms with Crippen molar-refractivity contribution in [3.63, 3.8) is 0 Å². The van der Waals surface area contributed by atoms with Gasteiger partial charge in [-0.05, 0) is 27.2 Å². The van der Waals surface area contributed by atoms with E-state index in [1.165, 1.54) is 0 Å². The summed E-state index contributed by atoms with van der Waals surface area (Å²) in [6.07, 6.45) is 0.412. The summed E-state index contributed by atoms with van der Waals surface area (Å²) in [5, 5.41) is 0. The number of carbonyl (C=O) groups is 1. The fourth-order valence-electron chi connectivity index (χ4n) is 0.492. The zero-order valence-corrected chi connectivity index (χ0v) is 9.68. The van der Waals surface area contributed by atoms with Crippen molar-refractivity contribution in [3.05, 3.63) is 0 Å². The molecule has 0 aliphatic carbocycles. The van der Waals surface area contributed by atoms with Gasteiger partial charge in [-0.2, -0.15) is 8.42 Å². The molecule has 14 heavy (non-hydrogen) atoms. The van der Waals surface area contributed by atoms with Gasteiger partial charge in [0.15, 0.2) is 0 Å². The molecule has 0 rings (SSSR count). The Kier molecular flexibility index (Phi) is 4.54. The Hall–Kier alpha value is -0.620. The van der Waals surface area contributed by atoms with Crippen LogP contribution >= 0.6 is 0 Å². The highest BCUT2D eigenvalue weighted by atomic mass is 32.2. The summed E-state index contributed by atoms with van der Waals surface area (Å²) >= 11 is 0. The predicted octanol–water partition coefficient (Wildman–Crippen LogP) is 1.25. The van der Waals surface area contributed by atoms with Crippen LogP contribution in [0.4, 0.5) is 0 Å². The molecule has 0 aliphatic heterocycles. The summed E-state index contributed by atoms with van der Waals surface area (Å²) in [7, 11) is -3.73. The quantitative estimate of drug-likeness (QED) is 0.531. The van der Waals surface area contributed by atoms with Crippen molar-refractivity contribution >= 4 is 16.1 Å². The molecular formula is C8H16O5S. The molecule has 0 fully saturated rings. The number of carbonyl (C=O) groups excluding carboxylic acids is 1. The van der Waals surface area contributed by atoms with E-state index in [9.17, 15) is 13.2 Å². The summed E-state index contributed by atoms with van der Waals surface area (Å²) in [5.74, 6) is -0.873. The van der Waals surface area contributed by atoms with E-state index in [0.29, 0.717) is 6.42 Å². The molecule has 0 unspecified atom stereocenters. The molecule has 6 heteroatoms. The van der Waals surface area contributed by atoms with E-state index in [1.54, 1.807) is 27.7 Å². The van der Waals surface area contributed by atoms with E-state index in [4.69, 9.17) is 0 Å². The second-order valence-corrected chi connectivity index (χ2v) is 5.61. The molecule has 0 saturated heterocycles. The first-order valence-corrected chi connectivity index (χ1v) is 5.90. The van der Waals surface area contributed by atoms with Crippen LogP contribution in [0.15, 0.2) is 0 Å². The van der Waals surface area contributed by atoms with Crippen molar-refractivity contribution in [2.75, 3.05) is 5.75 Å². The summed E-state index contributed by atoms with van der Waals surface area (Å²) in [5.41, 5.74) is -0.776. The Labute approximate surface area is 84.4 Å². The van der Waals surface area contributed by atoms with E-state index in [1.807, 2.05) is 0 Å². The van der Waals surface area contributed by atoms with Gasteiger partial charge in [-0.3, -0.25) is 4.89 Å². The minimum atomic E-state index is -3.73. The van der Waals surface area contributed by atoms with Gasteiger partial charge in [0.05, 0.1) is 11.2 Å². The molecular weight excluding hydrogens is 208 g/mol. The Morgan fingerprint density at radius 1 is 1.29 bits per heavy atom. The summed E-state index contributed by atoms with van der Waals surface area (Å²) < 4.78 is 26.0. The zero-order valence-electron chi connectivity index (χ0n) is 8.86. The largest absolute Gasteiger partial charge is 0.349 e. The smallest absolute Gasteiger partial charge is 0.281 e. The molecule has 0 aromatic carbocycles. The van der Waals surface area contributed by atoms with Gasteiger partial charge in [-0.15, -0.1) is 0 Å². The van der Waals surface area contributed by atoms with Crippen LogP contribution in [0, 0.1) is 5.41 Å². The monoisotopic (exact) mass is 224 g/mol. The third-order valence-corrected chi connectivity index (χ3v) is 2.46. The Balaban J connectivity index is 4.14. The Morgan fingerprint density at radius 3 is 2.14 bits per heavy atom. The van der Waals surface area contributed by atoms with Crippen LogP contribution in [0.1, 0.15) is 34.1 Å². The van der Waals surface area contributed by atoms with Gasteiger partial charge in [-0.1, -0.05) is 11.3 Å². The lowest BCUT2D eigenvalue weighted by Gasteiger charge is -2.14. The summed E-state index contributed by atoms with van der Waals surface area (Å²) in [6.45, 7) is 6.49. The normalized spacial score (nSPS) is 12.6. The second kappa shape index (κ2) is 4.75. The van der Waals surface area contributed by atoms with Gasteiger partial charge in [-0.25, -0.2) is 4.79 Å². The van der Waals surface area contributed by atoms with Crippen LogP contribution in [-0.2, 0) is 24.1 Å². The molecule has 0 N–H and O–H groups in total. The van der Waals surface area contributed by atoms with Gasteiger partial charge in [0.1, 0.15) is 0 Å². The third-order valence-electron chi connectivity index (χ3n) is 1.28. The van der Waals surface area contributed by atoms with Crippen molar-refractivity contribution in [3.8, 4) is 0 Å². The van der Waals surface area contributed by atoms with Crippen LogP contribution in [0.25, 0.3) is 0 Å². The van der Waals surface area contributed by atoms with Crippen LogP contribution < -0.4 is 0 Å². The summed E-state index contributed by atoms with van der Waals surface area (Å²) in [6, 6.07) is 0. The van der Waals surface area contributed by atoms with E-state index in [0.717, 1.165) is 0 Å². The van der Waals surface area contributed by atoms with Crippen molar-refractivity contribution in [2.45, 2.75) is 34.1 Å². The fourth-order valence-corrected chi connectivity index (χ4v) is 1.23. The third kappa shape index (κ3) is 5.18. The second-order valence-electron chi connectivity index (χ2n) is 3.95. The van der Waals surface area contributed by atoms with Gasteiger partial charge in [0, 0.05) is 0 Å². The molecule has 84 valence electrons. The highest BCUT2D eigenvalue weighted by molar-refractivity contribution is 7.86. The van der Waals surface area contributed by atoms with Gasteiger partial charge >= 0.3 is 16.1 Å². The fraction of sp³-hybridized carbons (Fsp3) is 0.875. The molecule has 0 radical (unpaired) electrons. The molecule has 0 aromatic rings. The first kappa shape index (κ1) is 13.4. The minimum absolute atomic E-state index is 0.162. The Bertz CT molecular complexity index is 285. The van der Waals surface area contributed by atoms with Gasteiger partial charge < -0.3 is 0 Å². The van der Waals surface area contributed by atoms with Gasteiger partial charge in [0.2, 0.25) is 0 Å². The SMILES string of the molecule is CCCS(=O)(=O)OOC(=O)C(C)(C)C. The number of hydrogen-bond donors (Lipinski definition) is 0. The highest BCUT2D eigenvalue weighted by Gasteiger charge is 2.26. The van der Waals surface area contributed by atoms with Crippen molar-refractivity contribution in [1.82, 2.24) is 0 Å². The van der Waals surface area contributed by atoms with E-state index in [2.05, 4.69) is 9.22 Å². The lowest BCUT2D eigenvalue weighted by Crippen LogP contribution is -2.25. The maximum atomic E-state index is 11.1. The summed E-state index contributed by atoms with van der Waals surface area (Å²) in [4.78, 5) is 15.3. The standard InChI is InChI=1S/C8H16O5S/c1-5-6-14(10,11)13-12-7(9)8(2,3)4/h5-6H2,1-4H3. The zero-order chi connectivity index (χ0) is 11.4. The lowest BCUT2D eigenvalue weighted by molar-refractivity contribution is -0.220. The van der Waals surface area contributed by atoms with Crippen LogP contribution in [0.3, 0.4) is 0 Å². The van der Waals surface area contributed by atoms with Crippen molar-refractivity contribution in [1.29, 1.82) is 0 Å². The molecule has 0 amide bonds. The minimum Gasteiger partial charge on any atom is -0.281 e. The average Bonchev–Trinajstić information content (AvgIpc) is 1.98. The van der Waals surface area contributed by atoms with Crippen molar-refractivity contribution in [2.24, 2.45) is 5.41 Å². The highest BCUT2D eigenvalue weighted by Crippen LogP contribution is 2.15. The maximum absolute atomic E-state index is 11.1. The first-order chi connectivity index (χ1) is 6.19. The molecule has 0 saturated carbocycles. The molecule has 0 bridgehead atoms. The Morgan fingerprint density at radius 2 is 1.79 bits per heavy atom. The number of rotatable bonds is 4. The van der Waals surface area contributed by atoms with E-state index >= 15 is 0 Å². The van der Waals surface area contributed by atoms with Gasteiger partial charge in [0.25, 0.3) is 0 Å². The van der Waals surface area contributed by atoms with Crippen molar-refractivity contribution < 1.29 is 22.4 Å².